The highest BCUT2D eigenvalue weighted by Crippen LogP contribution is 2.37. The Labute approximate surface area is 322 Å². The number of rotatable bonds is 9. The molecule has 4 aliphatic heterocycles. The molecule has 9 heterocycles. The number of pyridine rings is 2. The van der Waals surface area contributed by atoms with Gasteiger partial charge in [-0.3, -0.25) is 24.8 Å². The highest BCUT2D eigenvalue weighted by Gasteiger charge is 2.30. The maximum Gasteiger partial charge on any atom is 0.234 e. The lowest BCUT2D eigenvalue weighted by molar-refractivity contribution is -0.134. The Morgan fingerprint density at radius 1 is 0.927 bits per heavy atom. The minimum Gasteiger partial charge on any atom is -0.379 e. The number of carbonyl (C=O) groups excluding carboxylic acids is 2. The van der Waals surface area contributed by atoms with Crippen LogP contribution in [0.25, 0.3) is 27.5 Å². The molecule has 0 bridgehead atoms. The van der Waals surface area contributed by atoms with E-state index in [-0.39, 0.29) is 23.8 Å². The second kappa shape index (κ2) is 15.3. The van der Waals surface area contributed by atoms with Crippen LogP contribution in [0, 0.1) is 17.2 Å². The number of nitrogens with zero attached hydrogens (tertiary/aromatic N) is 10. The molecular weight excluding hydrogens is 717 g/mol. The van der Waals surface area contributed by atoms with Gasteiger partial charge in [0.15, 0.2) is 5.01 Å². The third-order valence-corrected chi connectivity index (χ3v) is 12.3. The number of aromatic nitrogens is 6. The molecule has 2 amide bonds. The van der Waals surface area contributed by atoms with Crippen LogP contribution in [0.2, 0.25) is 0 Å². The van der Waals surface area contributed by atoms with E-state index in [2.05, 4.69) is 52.8 Å². The van der Waals surface area contributed by atoms with Crippen LogP contribution < -0.4 is 20.4 Å². The van der Waals surface area contributed by atoms with Gasteiger partial charge < -0.3 is 19.9 Å². The van der Waals surface area contributed by atoms with Crippen molar-refractivity contribution < 1.29 is 14.3 Å². The normalized spacial score (nSPS) is 21.2. The van der Waals surface area contributed by atoms with E-state index in [0.29, 0.717) is 30.9 Å². The predicted molar refractivity (Wildman–Crippen MR) is 208 cm³/mol. The molecule has 4 saturated heterocycles. The fourth-order valence-corrected chi connectivity index (χ4v) is 9.01. The summed E-state index contributed by atoms with van der Waals surface area (Å²) in [6.45, 7) is 8.17. The van der Waals surface area contributed by atoms with Gasteiger partial charge in [-0.2, -0.15) is 10.4 Å². The Bertz CT molecular complexity index is 2230. The third kappa shape index (κ3) is 7.47. The van der Waals surface area contributed by atoms with Crippen LogP contribution in [0.3, 0.4) is 0 Å². The molecule has 0 radical (unpaired) electrons. The van der Waals surface area contributed by atoms with Crippen molar-refractivity contribution in [2.45, 2.75) is 44.1 Å². The molecule has 0 aromatic carbocycles. The smallest absolute Gasteiger partial charge is 0.234 e. The fraction of sp³-hybridized carbons (Fsp3) is 0.436. The zero-order valence-electron chi connectivity index (χ0n) is 30.4. The number of ether oxygens (including phenoxy) is 1. The van der Waals surface area contributed by atoms with E-state index in [9.17, 15) is 14.9 Å². The van der Waals surface area contributed by atoms with Crippen molar-refractivity contribution in [1.29, 1.82) is 5.26 Å². The van der Waals surface area contributed by atoms with Crippen LogP contribution in [-0.2, 0) is 14.3 Å². The van der Waals surface area contributed by atoms with E-state index < -0.39 is 0 Å². The predicted octanol–water partition coefficient (Wildman–Crippen LogP) is 3.94. The first-order chi connectivity index (χ1) is 27.0. The maximum absolute atomic E-state index is 12.3. The molecule has 2 atom stereocenters. The van der Waals surface area contributed by atoms with Gasteiger partial charge in [-0.1, -0.05) is 17.4 Å². The van der Waals surface area contributed by atoms with E-state index in [0.717, 1.165) is 121 Å². The van der Waals surface area contributed by atoms with Crippen molar-refractivity contribution >= 4 is 45.3 Å². The lowest BCUT2D eigenvalue weighted by Crippen LogP contribution is -2.49. The summed E-state index contributed by atoms with van der Waals surface area (Å²) in [6.07, 6.45) is 9.30. The SMILES string of the molecule is N#Cc1cnn2c(-c3cc(N[C@@H]4CCOC4)c(-c4nnc(N5CCN(CC6CCN(c7ccc(C8CCC(=O)NC8=O)cn7)CC6)CC5)s4)cn3)ccc2c1. The van der Waals surface area contributed by atoms with Gasteiger partial charge in [-0.15, -0.1) is 10.2 Å². The number of amides is 2. The fourth-order valence-electron chi connectivity index (χ4n) is 8.09. The zero-order chi connectivity index (χ0) is 37.3. The van der Waals surface area contributed by atoms with Gasteiger partial charge in [0, 0.05) is 76.9 Å². The summed E-state index contributed by atoms with van der Waals surface area (Å²) in [5, 5.41) is 31.0. The Balaban J connectivity index is 0.805. The minimum absolute atomic E-state index is 0.192. The van der Waals surface area contributed by atoms with Crippen LogP contribution in [0.1, 0.15) is 49.1 Å². The lowest BCUT2D eigenvalue weighted by atomic mass is 9.91. The number of anilines is 3. The largest absolute Gasteiger partial charge is 0.379 e. The van der Waals surface area contributed by atoms with E-state index in [1.54, 1.807) is 23.7 Å². The van der Waals surface area contributed by atoms with Gasteiger partial charge in [0.25, 0.3) is 0 Å². The molecule has 5 aromatic rings. The van der Waals surface area contributed by atoms with Gasteiger partial charge in [0.1, 0.15) is 11.9 Å². The highest BCUT2D eigenvalue weighted by molar-refractivity contribution is 7.18. The number of fused-ring (bicyclic) bond motifs is 1. The first-order valence-electron chi connectivity index (χ1n) is 19.1. The van der Waals surface area contributed by atoms with Gasteiger partial charge >= 0.3 is 0 Å². The molecule has 15 nitrogen and oxygen atoms in total. The Kier molecular flexibility index (Phi) is 9.81. The molecule has 55 heavy (non-hydrogen) atoms. The standard InChI is InChI=1S/C39H42N12O3S/c40-19-26-17-29-2-4-34(51(29)43-20-26)33-18-32(44-28-9-16-54-24-28)31(22-41-33)38-46-47-39(55-38)50-14-12-48(13-15-50)23-25-7-10-49(11-8-25)35-5-1-27(21-42-35)30-3-6-36(52)45-37(30)53/h1-2,4-5,17-18,20-22,25,28,30H,3,6-16,23-24H2,(H,41,44)(H,45,52,53)/t28-,30?/m1/s1. The average Bonchev–Trinajstić information content (AvgIpc) is 4.01. The second-order valence-electron chi connectivity index (χ2n) is 14.8. The molecule has 0 spiro atoms. The number of imide groups is 1. The zero-order valence-corrected chi connectivity index (χ0v) is 31.2. The molecule has 4 fully saturated rings. The first-order valence-corrected chi connectivity index (χ1v) is 19.9. The molecule has 16 heteroatoms. The number of piperazine rings is 1. The van der Waals surface area contributed by atoms with Crippen LogP contribution in [0.15, 0.2) is 55.0 Å². The molecule has 1 unspecified atom stereocenters. The van der Waals surface area contributed by atoms with Crippen molar-refractivity contribution in [2.75, 3.05) is 74.1 Å². The van der Waals surface area contributed by atoms with Crippen molar-refractivity contribution in [1.82, 2.24) is 40.0 Å². The van der Waals surface area contributed by atoms with Gasteiger partial charge in [-0.05, 0) is 67.5 Å². The minimum atomic E-state index is -0.306. The van der Waals surface area contributed by atoms with Gasteiger partial charge in [0.2, 0.25) is 16.9 Å². The monoisotopic (exact) mass is 758 g/mol. The first kappa shape index (κ1) is 35.2. The molecule has 0 aliphatic carbocycles. The summed E-state index contributed by atoms with van der Waals surface area (Å²) >= 11 is 1.60. The number of nitriles is 1. The van der Waals surface area contributed by atoms with Crippen molar-refractivity contribution in [3.63, 3.8) is 0 Å². The molecule has 2 N–H and O–H groups in total. The van der Waals surface area contributed by atoms with E-state index in [4.69, 9.17) is 14.7 Å². The average molecular weight is 759 g/mol. The lowest BCUT2D eigenvalue weighted by Gasteiger charge is -2.39. The van der Waals surface area contributed by atoms with E-state index in [1.165, 1.54) is 0 Å². The topological polar surface area (TPSA) is 170 Å². The van der Waals surface area contributed by atoms with Crippen LogP contribution in [0.4, 0.5) is 16.6 Å². The molecule has 5 aromatic heterocycles. The quantitative estimate of drug-likeness (QED) is 0.208. The second-order valence-corrected chi connectivity index (χ2v) is 15.7. The van der Waals surface area contributed by atoms with Crippen LogP contribution in [0.5, 0.6) is 0 Å². The summed E-state index contributed by atoms with van der Waals surface area (Å²) in [5.41, 5.74) is 5.67. The summed E-state index contributed by atoms with van der Waals surface area (Å²) in [7, 11) is 0. The Hall–Kier alpha value is -5.50. The number of piperidine rings is 2. The number of nitrogens with one attached hydrogen (secondary N) is 2. The van der Waals surface area contributed by atoms with Crippen molar-refractivity contribution in [3.8, 4) is 28.0 Å². The van der Waals surface area contributed by atoms with Gasteiger partial charge in [0.05, 0.1) is 52.8 Å². The summed E-state index contributed by atoms with van der Waals surface area (Å²) in [4.78, 5) is 40.6. The van der Waals surface area contributed by atoms with E-state index in [1.807, 2.05) is 41.0 Å². The van der Waals surface area contributed by atoms with Crippen LogP contribution in [-0.4, -0.2) is 112 Å². The van der Waals surface area contributed by atoms with Crippen LogP contribution >= 0.6 is 11.3 Å². The molecule has 282 valence electrons. The Morgan fingerprint density at radius 2 is 1.80 bits per heavy atom. The number of hydrogen-bond acceptors (Lipinski definition) is 14. The van der Waals surface area contributed by atoms with Crippen molar-refractivity contribution in [2.24, 2.45) is 5.92 Å². The molecule has 0 saturated carbocycles. The maximum atomic E-state index is 12.3. The number of carbonyl (C=O) groups is 2. The molecule has 4 aliphatic rings. The molecule has 9 rings (SSSR count). The number of hydrogen-bond donors (Lipinski definition) is 2. The molecular formula is C39H42N12O3S. The summed E-state index contributed by atoms with van der Waals surface area (Å²) in [6, 6.07) is 14.1. The van der Waals surface area contributed by atoms with E-state index >= 15 is 0 Å². The highest BCUT2D eigenvalue weighted by atomic mass is 32.1. The van der Waals surface area contributed by atoms with Crippen molar-refractivity contribution in [3.05, 3.63) is 66.1 Å². The third-order valence-electron chi connectivity index (χ3n) is 11.2. The summed E-state index contributed by atoms with van der Waals surface area (Å²) < 4.78 is 7.48. The summed E-state index contributed by atoms with van der Waals surface area (Å²) in [5.74, 6) is 0.858. The van der Waals surface area contributed by atoms with Gasteiger partial charge in [-0.25, -0.2) is 9.50 Å². The Morgan fingerprint density at radius 3 is 2.56 bits per heavy atom.